The number of pyridine rings is 1. The fourth-order valence-electron chi connectivity index (χ4n) is 7.06. The Morgan fingerprint density at radius 3 is 2.15 bits per heavy atom. The Morgan fingerprint density at radius 1 is 0.833 bits per heavy atom. The Morgan fingerprint density at radius 2 is 1.50 bits per heavy atom. The van der Waals surface area contributed by atoms with Crippen molar-refractivity contribution in [1.82, 2.24) is 15.0 Å². The van der Waals surface area contributed by atoms with Gasteiger partial charge in [-0.15, -0.1) is 0 Å². The van der Waals surface area contributed by atoms with Crippen molar-refractivity contribution in [2.45, 2.75) is 75.0 Å². The van der Waals surface area contributed by atoms with Gasteiger partial charge >= 0.3 is 0 Å². The van der Waals surface area contributed by atoms with Crippen LogP contribution in [-0.2, 0) is 46.9 Å². The van der Waals surface area contributed by atoms with E-state index >= 15 is 0 Å². The summed E-state index contributed by atoms with van der Waals surface area (Å²) in [5, 5.41) is 0.672. The summed E-state index contributed by atoms with van der Waals surface area (Å²) in [5.74, 6) is 2.32. The van der Waals surface area contributed by atoms with E-state index in [1.807, 2.05) is 42.8 Å². The zero-order valence-corrected chi connectivity index (χ0v) is 28.6. The molecule has 2 fully saturated rings. The molecule has 4 heterocycles. The van der Waals surface area contributed by atoms with Gasteiger partial charge in [-0.3, -0.25) is 0 Å². The Bertz CT molecular complexity index is 1650. The largest absolute Gasteiger partial charge is 0.497 e. The molecule has 2 spiro atoms. The molecule has 0 amide bonds. The maximum absolute atomic E-state index is 6.71. The highest BCUT2D eigenvalue weighted by molar-refractivity contribution is 7.98. The highest BCUT2D eigenvalue weighted by atomic mass is 32.2. The van der Waals surface area contributed by atoms with Gasteiger partial charge in [-0.1, -0.05) is 48.5 Å². The van der Waals surface area contributed by atoms with E-state index in [-0.39, 0.29) is 6.61 Å². The Balaban J connectivity index is 1.16. The number of rotatable bonds is 11. The van der Waals surface area contributed by atoms with Gasteiger partial charge in [-0.05, 0) is 60.6 Å². The third-order valence-electron chi connectivity index (χ3n) is 9.54. The smallest absolute Gasteiger partial charge is 0.223 e. The molecular formula is C37H42N4O6S. The SMILES string of the molecule is COc1ccc(CN(Cc2ccc(OC)cc2)c2ncccc2COc2nc(SC)nc3c2COC2(CCCCC24OCCO4)C3)cc1. The average molecular weight is 671 g/mol. The van der Waals surface area contributed by atoms with Crippen LogP contribution in [0.2, 0.25) is 0 Å². The number of fused-ring (bicyclic) bond motifs is 2. The van der Waals surface area contributed by atoms with Crippen LogP contribution in [0.25, 0.3) is 0 Å². The van der Waals surface area contributed by atoms with Crippen LogP contribution < -0.4 is 19.1 Å². The van der Waals surface area contributed by atoms with Crippen LogP contribution in [0.3, 0.4) is 0 Å². The quantitative estimate of drug-likeness (QED) is 0.129. The number of anilines is 1. The Kier molecular flexibility index (Phi) is 9.72. The van der Waals surface area contributed by atoms with Crippen molar-refractivity contribution < 1.29 is 28.4 Å². The fourth-order valence-corrected chi connectivity index (χ4v) is 7.43. The van der Waals surface area contributed by atoms with Crippen LogP contribution in [0.4, 0.5) is 5.82 Å². The van der Waals surface area contributed by atoms with E-state index in [9.17, 15) is 0 Å². The molecule has 0 bridgehead atoms. The first kappa shape index (κ1) is 32.6. The highest BCUT2D eigenvalue weighted by Crippen LogP contribution is 2.50. The molecule has 2 aliphatic heterocycles. The van der Waals surface area contributed by atoms with Crippen molar-refractivity contribution in [2.24, 2.45) is 0 Å². The van der Waals surface area contributed by atoms with E-state index in [0.29, 0.717) is 50.4 Å². The van der Waals surface area contributed by atoms with Crippen molar-refractivity contribution in [3.8, 4) is 17.4 Å². The van der Waals surface area contributed by atoms with Gasteiger partial charge in [0.1, 0.15) is 29.5 Å². The summed E-state index contributed by atoms with van der Waals surface area (Å²) in [7, 11) is 3.36. The fraction of sp³-hybridized carbons (Fsp3) is 0.432. The second-order valence-electron chi connectivity index (χ2n) is 12.4. The zero-order chi connectivity index (χ0) is 33.0. The topological polar surface area (TPSA) is 97.3 Å². The second kappa shape index (κ2) is 14.3. The van der Waals surface area contributed by atoms with Crippen molar-refractivity contribution in [3.63, 3.8) is 0 Å². The number of aromatic nitrogens is 3. The molecule has 1 saturated carbocycles. The van der Waals surface area contributed by atoms with Gasteiger partial charge in [0.05, 0.1) is 45.3 Å². The van der Waals surface area contributed by atoms with Gasteiger partial charge in [0.25, 0.3) is 0 Å². The second-order valence-corrected chi connectivity index (χ2v) is 13.2. The first-order valence-electron chi connectivity index (χ1n) is 16.5. The molecule has 7 rings (SSSR count). The summed E-state index contributed by atoms with van der Waals surface area (Å²) in [4.78, 5) is 16.9. The summed E-state index contributed by atoms with van der Waals surface area (Å²) in [6.07, 6.45) is 8.25. The van der Waals surface area contributed by atoms with Gasteiger partial charge < -0.3 is 33.3 Å². The third kappa shape index (κ3) is 6.56. The molecule has 1 unspecified atom stereocenters. The van der Waals surface area contributed by atoms with Crippen molar-refractivity contribution in [3.05, 3.63) is 94.8 Å². The summed E-state index contributed by atoms with van der Waals surface area (Å²) in [5.41, 5.74) is 4.50. The number of benzene rings is 2. The molecule has 48 heavy (non-hydrogen) atoms. The van der Waals surface area contributed by atoms with Crippen molar-refractivity contribution >= 4 is 17.6 Å². The number of thioether (sulfide) groups is 1. The number of nitrogens with zero attached hydrogens (tertiary/aromatic N) is 4. The minimum atomic E-state index is -0.712. The van der Waals surface area contributed by atoms with Gasteiger partial charge in [0, 0.05) is 37.7 Å². The molecule has 10 nitrogen and oxygen atoms in total. The Hall–Kier alpha value is -3.90. The monoisotopic (exact) mass is 670 g/mol. The lowest BCUT2D eigenvalue weighted by molar-refractivity contribution is -0.308. The molecular weight excluding hydrogens is 628 g/mol. The molecule has 4 aromatic rings. The molecule has 0 N–H and O–H groups in total. The average Bonchev–Trinajstić information content (AvgIpc) is 3.62. The van der Waals surface area contributed by atoms with Crippen LogP contribution in [0.5, 0.6) is 17.4 Å². The van der Waals surface area contributed by atoms with E-state index in [1.165, 1.54) is 11.8 Å². The summed E-state index contributed by atoms with van der Waals surface area (Å²) < 4.78 is 36.6. The van der Waals surface area contributed by atoms with E-state index in [0.717, 1.165) is 70.9 Å². The molecule has 11 heteroatoms. The third-order valence-corrected chi connectivity index (χ3v) is 10.1. The highest BCUT2D eigenvalue weighted by Gasteiger charge is 2.60. The number of methoxy groups -OCH3 is 2. The van der Waals surface area contributed by atoms with Crippen LogP contribution in [0.15, 0.2) is 72.0 Å². The lowest BCUT2D eigenvalue weighted by Gasteiger charge is -2.51. The van der Waals surface area contributed by atoms with E-state index in [1.54, 1.807) is 14.2 Å². The predicted octanol–water partition coefficient (Wildman–Crippen LogP) is 6.53. The molecule has 252 valence electrons. The molecule has 3 aliphatic rings. The van der Waals surface area contributed by atoms with Gasteiger partial charge in [-0.2, -0.15) is 4.98 Å². The minimum absolute atomic E-state index is 0.281. The predicted molar refractivity (Wildman–Crippen MR) is 183 cm³/mol. The molecule has 2 aromatic carbocycles. The molecule has 1 aliphatic carbocycles. The number of ether oxygens (including phenoxy) is 6. The van der Waals surface area contributed by atoms with Gasteiger partial charge in [0.2, 0.25) is 5.88 Å². The standard InChI is InChI=1S/C37H42N4O6S/c1-42-29-12-8-26(9-13-29)22-41(23-27-10-14-30(43-2)15-11-27)33-28(7-6-18-38-33)24-44-34-31-25-47-36(21-32(31)39-35(40-34)48-3)16-4-5-17-37(36)45-19-20-46-37/h6-15,18H,4-5,16-17,19-25H2,1-3H3. The van der Waals surface area contributed by atoms with Gasteiger partial charge in [-0.25, -0.2) is 9.97 Å². The number of hydrogen-bond acceptors (Lipinski definition) is 11. The van der Waals surface area contributed by atoms with Crippen molar-refractivity contribution in [2.75, 3.05) is 38.6 Å². The molecule has 2 aromatic heterocycles. The molecule has 0 radical (unpaired) electrons. The molecule has 1 saturated heterocycles. The van der Waals surface area contributed by atoms with E-state index in [2.05, 4.69) is 35.2 Å². The summed E-state index contributed by atoms with van der Waals surface area (Å²) >= 11 is 1.51. The normalized spacial score (nSPS) is 19.6. The first-order chi connectivity index (χ1) is 23.5. The van der Waals surface area contributed by atoms with Gasteiger partial charge in [0.15, 0.2) is 10.9 Å². The van der Waals surface area contributed by atoms with E-state index in [4.69, 9.17) is 43.4 Å². The maximum atomic E-state index is 6.71. The van der Waals surface area contributed by atoms with Crippen LogP contribution in [0.1, 0.15) is 53.6 Å². The zero-order valence-electron chi connectivity index (χ0n) is 27.8. The maximum Gasteiger partial charge on any atom is 0.223 e. The van der Waals surface area contributed by atoms with E-state index < -0.39 is 11.4 Å². The van der Waals surface area contributed by atoms with Crippen LogP contribution >= 0.6 is 11.8 Å². The van der Waals surface area contributed by atoms with Crippen molar-refractivity contribution in [1.29, 1.82) is 0 Å². The van der Waals surface area contributed by atoms with Crippen LogP contribution in [-0.4, -0.2) is 60.0 Å². The number of hydrogen-bond donors (Lipinski definition) is 0. The minimum Gasteiger partial charge on any atom is -0.497 e. The summed E-state index contributed by atoms with van der Waals surface area (Å²) in [6.45, 7) is 3.09. The Labute approximate surface area is 286 Å². The lowest BCUT2D eigenvalue weighted by atomic mass is 9.74. The summed E-state index contributed by atoms with van der Waals surface area (Å²) in [6, 6.07) is 20.3. The van der Waals surface area contributed by atoms with Crippen LogP contribution in [0, 0.1) is 0 Å². The first-order valence-corrected chi connectivity index (χ1v) is 17.7. The molecule has 1 atom stereocenters. The lowest BCUT2D eigenvalue weighted by Crippen LogP contribution is -2.61.